The molecular formula is C20H15FN4OS. The van der Waals surface area contributed by atoms with Crippen LogP contribution in [0.1, 0.15) is 5.69 Å². The third-order valence-corrected chi connectivity index (χ3v) is 5.16. The maximum Gasteiger partial charge on any atom is 0.273 e. The molecule has 0 aliphatic rings. The maximum absolute atomic E-state index is 13.3. The van der Waals surface area contributed by atoms with Crippen molar-refractivity contribution < 1.29 is 9.13 Å². The van der Waals surface area contributed by atoms with Crippen LogP contribution < -0.4 is 4.74 Å². The van der Waals surface area contributed by atoms with E-state index >= 15 is 0 Å². The van der Waals surface area contributed by atoms with Gasteiger partial charge in [0, 0.05) is 18.0 Å². The molecule has 1 aromatic carbocycles. The van der Waals surface area contributed by atoms with Crippen molar-refractivity contribution in [1.29, 1.82) is 0 Å². The zero-order chi connectivity index (χ0) is 18.8. The summed E-state index contributed by atoms with van der Waals surface area (Å²) in [7, 11) is 1.59. The summed E-state index contributed by atoms with van der Waals surface area (Å²) >= 11 is 1.43. The van der Waals surface area contributed by atoms with Crippen LogP contribution in [0, 0.1) is 12.7 Å². The molecule has 0 saturated heterocycles. The van der Waals surface area contributed by atoms with Crippen molar-refractivity contribution in [2.75, 3.05) is 7.11 Å². The average molecular weight is 378 g/mol. The van der Waals surface area contributed by atoms with Crippen LogP contribution in [-0.4, -0.2) is 27.0 Å². The first-order chi connectivity index (χ1) is 13.2. The third-order valence-electron chi connectivity index (χ3n) is 4.01. The van der Waals surface area contributed by atoms with Gasteiger partial charge in [-0.3, -0.25) is 4.98 Å². The molecule has 0 amide bonds. The lowest BCUT2D eigenvalue weighted by Crippen LogP contribution is -1.96. The predicted octanol–water partition coefficient (Wildman–Crippen LogP) is 4.79. The number of benzene rings is 1. The molecule has 0 fully saturated rings. The highest BCUT2D eigenvalue weighted by Gasteiger charge is 2.15. The fourth-order valence-electron chi connectivity index (χ4n) is 2.74. The van der Waals surface area contributed by atoms with Crippen LogP contribution in [0.15, 0.2) is 54.9 Å². The molecule has 0 atom stereocenters. The quantitative estimate of drug-likeness (QED) is 0.511. The molecule has 0 bridgehead atoms. The number of aromatic nitrogens is 4. The van der Waals surface area contributed by atoms with Gasteiger partial charge in [0.15, 0.2) is 5.82 Å². The van der Waals surface area contributed by atoms with Gasteiger partial charge in [0.25, 0.3) is 5.19 Å². The SMILES string of the molecule is COc1nc(C)c(-c2ccnc(-c3ncccc3-c3ccc(F)cc3)n2)s1. The van der Waals surface area contributed by atoms with Crippen LogP contribution in [0.5, 0.6) is 5.19 Å². The monoisotopic (exact) mass is 378 g/mol. The molecule has 0 unspecified atom stereocenters. The van der Waals surface area contributed by atoms with E-state index in [-0.39, 0.29) is 5.82 Å². The van der Waals surface area contributed by atoms with Crippen molar-refractivity contribution in [3.63, 3.8) is 0 Å². The van der Waals surface area contributed by atoms with E-state index in [0.29, 0.717) is 16.7 Å². The second-order valence-corrected chi connectivity index (χ2v) is 6.73. The van der Waals surface area contributed by atoms with Crippen molar-refractivity contribution in [1.82, 2.24) is 19.9 Å². The molecular weight excluding hydrogens is 363 g/mol. The molecule has 0 aliphatic carbocycles. The van der Waals surface area contributed by atoms with Gasteiger partial charge in [-0.25, -0.2) is 19.3 Å². The van der Waals surface area contributed by atoms with Crippen LogP contribution in [-0.2, 0) is 0 Å². The summed E-state index contributed by atoms with van der Waals surface area (Å²) in [5, 5.41) is 0.590. The Hall–Kier alpha value is -3.19. The van der Waals surface area contributed by atoms with Gasteiger partial charge in [0.2, 0.25) is 0 Å². The largest absolute Gasteiger partial charge is 0.473 e. The molecule has 3 heterocycles. The first-order valence-electron chi connectivity index (χ1n) is 8.22. The minimum atomic E-state index is -0.281. The number of hydrogen-bond donors (Lipinski definition) is 0. The molecule has 5 nitrogen and oxygen atoms in total. The van der Waals surface area contributed by atoms with Crippen LogP contribution in [0.25, 0.3) is 33.2 Å². The lowest BCUT2D eigenvalue weighted by atomic mass is 10.0. The van der Waals surface area contributed by atoms with Gasteiger partial charge in [0.05, 0.1) is 23.4 Å². The summed E-state index contributed by atoms with van der Waals surface area (Å²) in [5.41, 5.74) is 3.94. The Kier molecular flexibility index (Phi) is 4.60. The normalized spacial score (nSPS) is 10.8. The van der Waals surface area contributed by atoms with E-state index in [0.717, 1.165) is 27.4 Å². The Bertz CT molecular complexity index is 1100. The summed E-state index contributed by atoms with van der Waals surface area (Å²) in [6, 6.07) is 11.9. The second kappa shape index (κ2) is 7.20. The van der Waals surface area contributed by atoms with Gasteiger partial charge in [-0.05, 0) is 36.8 Å². The van der Waals surface area contributed by atoms with E-state index in [2.05, 4.69) is 15.0 Å². The van der Waals surface area contributed by atoms with Crippen molar-refractivity contribution in [3.05, 3.63) is 66.4 Å². The molecule has 4 rings (SSSR count). The Morgan fingerprint density at radius 2 is 1.78 bits per heavy atom. The number of aryl methyl sites for hydroxylation is 1. The molecule has 0 spiro atoms. The molecule has 27 heavy (non-hydrogen) atoms. The van der Waals surface area contributed by atoms with Crippen LogP contribution in [0.4, 0.5) is 4.39 Å². The summed E-state index contributed by atoms with van der Waals surface area (Å²) in [6.45, 7) is 1.92. The molecule has 0 radical (unpaired) electrons. The van der Waals surface area contributed by atoms with Gasteiger partial charge >= 0.3 is 0 Å². The number of rotatable bonds is 4. The van der Waals surface area contributed by atoms with E-state index < -0.39 is 0 Å². The summed E-state index contributed by atoms with van der Waals surface area (Å²) in [5.74, 6) is 0.219. The maximum atomic E-state index is 13.3. The summed E-state index contributed by atoms with van der Waals surface area (Å²) < 4.78 is 18.5. The van der Waals surface area contributed by atoms with Crippen molar-refractivity contribution >= 4 is 11.3 Å². The number of hydrogen-bond acceptors (Lipinski definition) is 6. The van der Waals surface area contributed by atoms with Crippen LogP contribution in [0.3, 0.4) is 0 Å². The molecule has 4 aromatic rings. The fraction of sp³-hybridized carbons (Fsp3) is 0.100. The van der Waals surface area contributed by atoms with Crippen molar-refractivity contribution in [2.24, 2.45) is 0 Å². The van der Waals surface area contributed by atoms with Gasteiger partial charge in [-0.2, -0.15) is 0 Å². The highest BCUT2D eigenvalue weighted by molar-refractivity contribution is 7.17. The Morgan fingerprint density at radius 3 is 2.52 bits per heavy atom. The number of nitrogens with zero attached hydrogens (tertiary/aromatic N) is 4. The number of pyridine rings is 1. The molecule has 3 aromatic heterocycles. The zero-order valence-electron chi connectivity index (χ0n) is 14.7. The highest BCUT2D eigenvalue weighted by atomic mass is 32.1. The molecule has 0 N–H and O–H groups in total. The van der Waals surface area contributed by atoms with Crippen molar-refractivity contribution in [2.45, 2.75) is 6.92 Å². The number of halogens is 1. The Balaban J connectivity index is 1.81. The van der Waals surface area contributed by atoms with Gasteiger partial charge in [0.1, 0.15) is 11.5 Å². The standard InChI is InChI=1S/C20H15FN4OS/c1-12-18(27-20(24-12)26-2)16-9-11-23-19(25-16)17-15(4-3-10-22-17)13-5-7-14(21)8-6-13/h3-11H,1-2H3. The van der Waals surface area contributed by atoms with Gasteiger partial charge in [-0.1, -0.05) is 29.5 Å². The minimum absolute atomic E-state index is 0.281. The molecule has 7 heteroatoms. The van der Waals surface area contributed by atoms with Crippen LogP contribution >= 0.6 is 11.3 Å². The lowest BCUT2D eigenvalue weighted by Gasteiger charge is -2.08. The third kappa shape index (κ3) is 3.41. The minimum Gasteiger partial charge on any atom is -0.473 e. The molecule has 0 aliphatic heterocycles. The molecule has 134 valence electrons. The van der Waals surface area contributed by atoms with E-state index in [1.807, 2.05) is 25.1 Å². The Labute approximate surface area is 159 Å². The highest BCUT2D eigenvalue weighted by Crippen LogP contribution is 2.34. The number of methoxy groups -OCH3 is 1. The van der Waals surface area contributed by atoms with E-state index in [1.165, 1.54) is 23.5 Å². The van der Waals surface area contributed by atoms with Crippen LogP contribution in [0.2, 0.25) is 0 Å². The topological polar surface area (TPSA) is 60.8 Å². The first-order valence-corrected chi connectivity index (χ1v) is 9.03. The average Bonchev–Trinajstić information content (AvgIpc) is 3.10. The van der Waals surface area contributed by atoms with E-state index in [1.54, 1.807) is 31.6 Å². The van der Waals surface area contributed by atoms with Gasteiger partial charge < -0.3 is 4.74 Å². The molecule has 0 saturated carbocycles. The van der Waals surface area contributed by atoms with Gasteiger partial charge in [-0.15, -0.1) is 0 Å². The summed E-state index contributed by atoms with van der Waals surface area (Å²) in [6.07, 6.45) is 3.39. The summed E-state index contributed by atoms with van der Waals surface area (Å²) in [4.78, 5) is 18.9. The Morgan fingerprint density at radius 1 is 0.963 bits per heavy atom. The van der Waals surface area contributed by atoms with E-state index in [9.17, 15) is 4.39 Å². The number of ether oxygens (including phenoxy) is 1. The lowest BCUT2D eigenvalue weighted by molar-refractivity contribution is 0.411. The smallest absolute Gasteiger partial charge is 0.273 e. The zero-order valence-corrected chi connectivity index (χ0v) is 15.5. The fourth-order valence-corrected chi connectivity index (χ4v) is 3.59. The van der Waals surface area contributed by atoms with Crippen molar-refractivity contribution in [3.8, 4) is 38.4 Å². The number of thiazole rings is 1. The van der Waals surface area contributed by atoms with E-state index in [4.69, 9.17) is 9.72 Å². The predicted molar refractivity (Wildman–Crippen MR) is 103 cm³/mol. The first kappa shape index (κ1) is 17.2. The second-order valence-electron chi connectivity index (χ2n) is 5.77.